The third-order valence-electron chi connectivity index (χ3n) is 4.21. The van der Waals surface area contributed by atoms with E-state index in [1.54, 1.807) is 34.8 Å². The van der Waals surface area contributed by atoms with E-state index < -0.39 is 5.97 Å². The van der Waals surface area contributed by atoms with Gasteiger partial charge in [0.1, 0.15) is 0 Å². The van der Waals surface area contributed by atoms with Gasteiger partial charge in [-0.1, -0.05) is 6.07 Å². The highest BCUT2D eigenvalue weighted by atomic mass is 16.4. The molecule has 1 aliphatic heterocycles. The lowest BCUT2D eigenvalue weighted by atomic mass is 10.0. The molecule has 7 nitrogen and oxygen atoms in total. The van der Waals surface area contributed by atoms with Crippen LogP contribution >= 0.6 is 0 Å². The summed E-state index contributed by atoms with van der Waals surface area (Å²) in [4.78, 5) is 25.6. The second-order valence-corrected chi connectivity index (χ2v) is 5.51. The molecule has 0 atom stereocenters. The van der Waals surface area contributed by atoms with Crippen molar-refractivity contribution >= 4 is 11.9 Å². The highest BCUT2D eigenvalue weighted by Gasteiger charge is 2.26. The number of aliphatic hydroxyl groups excluding tert-OH is 1. The number of carbonyl (C=O) groups excluding carboxylic acids is 1. The molecule has 1 aromatic heterocycles. The van der Waals surface area contributed by atoms with Gasteiger partial charge in [0.05, 0.1) is 37.2 Å². The fourth-order valence-electron chi connectivity index (χ4n) is 2.88. The molecule has 0 fully saturated rings. The van der Waals surface area contributed by atoms with Gasteiger partial charge in [0.25, 0.3) is 5.91 Å². The SMILES string of the molecule is Cc1c(C(=O)O)cccc1C(=O)N1CCn2ncc(CO)c2C1. The van der Waals surface area contributed by atoms with Crippen molar-refractivity contribution in [2.24, 2.45) is 0 Å². The summed E-state index contributed by atoms with van der Waals surface area (Å²) in [5, 5.41) is 22.7. The van der Waals surface area contributed by atoms with Gasteiger partial charge in [-0.15, -0.1) is 0 Å². The summed E-state index contributed by atoms with van der Waals surface area (Å²) in [6.07, 6.45) is 1.61. The first-order valence-corrected chi connectivity index (χ1v) is 7.29. The maximum absolute atomic E-state index is 12.8. The van der Waals surface area contributed by atoms with Gasteiger partial charge in [0.2, 0.25) is 0 Å². The highest BCUT2D eigenvalue weighted by Crippen LogP contribution is 2.21. The topological polar surface area (TPSA) is 95.7 Å². The molecule has 0 radical (unpaired) electrons. The molecule has 2 aromatic rings. The number of carboxylic acid groups (broad SMARTS) is 1. The number of aromatic carboxylic acids is 1. The fraction of sp³-hybridized carbons (Fsp3) is 0.312. The molecular weight excluding hydrogens is 298 g/mol. The van der Waals surface area contributed by atoms with Gasteiger partial charge in [-0.3, -0.25) is 9.48 Å². The van der Waals surface area contributed by atoms with Crippen molar-refractivity contribution in [2.75, 3.05) is 6.54 Å². The van der Waals surface area contributed by atoms with Crippen LogP contribution in [0.3, 0.4) is 0 Å². The molecule has 3 rings (SSSR count). The minimum absolute atomic E-state index is 0.120. The number of carboxylic acids is 1. The van der Waals surface area contributed by atoms with Crippen molar-refractivity contribution in [1.29, 1.82) is 0 Å². The number of amides is 1. The first-order chi connectivity index (χ1) is 11.0. The lowest BCUT2D eigenvalue weighted by Crippen LogP contribution is -2.39. The lowest BCUT2D eigenvalue weighted by Gasteiger charge is -2.29. The molecule has 1 aliphatic rings. The van der Waals surface area contributed by atoms with Gasteiger partial charge < -0.3 is 15.1 Å². The minimum Gasteiger partial charge on any atom is -0.478 e. The van der Waals surface area contributed by atoms with Gasteiger partial charge in [-0.2, -0.15) is 5.10 Å². The van der Waals surface area contributed by atoms with E-state index >= 15 is 0 Å². The maximum atomic E-state index is 12.8. The maximum Gasteiger partial charge on any atom is 0.335 e. The second kappa shape index (κ2) is 5.85. The zero-order valence-corrected chi connectivity index (χ0v) is 12.7. The van der Waals surface area contributed by atoms with Gasteiger partial charge in [0, 0.05) is 17.7 Å². The molecule has 0 saturated heterocycles. The quantitative estimate of drug-likeness (QED) is 0.882. The fourth-order valence-corrected chi connectivity index (χ4v) is 2.88. The first kappa shape index (κ1) is 15.2. The number of carbonyl (C=O) groups is 2. The zero-order valence-electron chi connectivity index (χ0n) is 12.7. The van der Waals surface area contributed by atoms with E-state index in [0.29, 0.717) is 36.3 Å². The molecule has 1 amide bonds. The Labute approximate surface area is 132 Å². The zero-order chi connectivity index (χ0) is 16.6. The van der Waals surface area contributed by atoms with E-state index in [0.717, 1.165) is 5.69 Å². The third-order valence-corrected chi connectivity index (χ3v) is 4.21. The summed E-state index contributed by atoms with van der Waals surface area (Å²) in [6, 6.07) is 4.71. The first-order valence-electron chi connectivity index (χ1n) is 7.29. The van der Waals surface area contributed by atoms with Crippen molar-refractivity contribution < 1.29 is 19.8 Å². The minimum atomic E-state index is -1.04. The molecular formula is C16H17N3O4. The average Bonchev–Trinajstić information content (AvgIpc) is 2.96. The Kier molecular flexibility index (Phi) is 3.87. The molecule has 2 N–H and O–H groups in total. The molecule has 0 bridgehead atoms. The third kappa shape index (κ3) is 2.59. The molecule has 0 spiro atoms. The number of nitrogens with zero attached hydrogens (tertiary/aromatic N) is 3. The Bertz CT molecular complexity index is 768. The Morgan fingerprint density at radius 1 is 1.26 bits per heavy atom. The standard InChI is InChI=1S/C16H17N3O4/c1-10-12(3-2-4-13(10)16(22)23)15(21)18-5-6-19-14(8-18)11(9-20)7-17-19/h2-4,7,20H,5-6,8-9H2,1H3,(H,22,23). The number of aliphatic hydroxyl groups is 1. The Morgan fingerprint density at radius 2 is 2.00 bits per heavy atom. The molecule has 23 heavy (non-hydrogen) atoms. The summed E-state index contributed by atoms with van der Waals surface area (Å²) in [7, 11) is 0. The van der Waals surface area contributed by atoms with Crippen molar-refractivity contribution in [3.05, 3.63) is 52.3 Å². The van der Waals surface area contributed by atoms with Crippen LogP contribution in [0.15, 0.2) is 24.4 Å². The number of benzene rings is 1. The Morgan fingerprint density at radius 3 is 2.70 bits per heavy atom. The summed E-state index contributed by atoms with van der Waals surface area (Å²) >= 11 is 0. The predicted molar refractivity (Wildman–Crippen MR) is 81.0 cm³/mol. The van der Waals surface area contributed by atoms with Crippen LogP contribution in [0.5, 0.6) is 0 Å². The van der Waals surface area contributed by atoms with Crippen LogP contribution < -0.4 is 0 Å². The van der Waals surface area contributed by atoms with E-state index in [-0.39, 0.29) is 18.1 Å². The van der Waals surface area contributed by atoms with Crippen LogP contribution in [0, 0.1) is 6.92 Å². The number of hydrogen-bond acceptors (Lipinski definition) is 4. The van der Waals surface area contributed by atoms with E-state index in [2.05, 4.69) is 5.10 Å². The van der Waals surface area contributed by atoms with Crippen molar-refractivity contribution in [3.63, 3.8) is 0 Å². The van der Waals surface area contributed by atoms with Crippen LogP contribution in [0.2, 0.25) is 0 Å². The number of aromatic nitrogens is 2. The molecule has 1 aromatic carbocycles. The smallest absolute Gasteiger partial charge is 0.335 e. The number of fused-ring (bicyclic) bond motifs is 1. The van der Waals surface area contributed by atoms with Crippen molar-refractivity contribution in [1.82, 2.24) is 14.7 Å². The molecule has 2 heterocycles. The normalized spacial score (nSPS) is 13.7. The number of rotatable bonds is 3. The van der Waals surface area contributed by atoms with E-state index in [1.165, 1.54) is 6.07 Å². The predicted octanol–water partition coefficient (Wildman–Crippen LogP) is 1.04. The lowest BCUT2D eigenvalue weighted by molar-refractivity contribution is 0.0695. The van der Waals surface area contributed by atoms with Crippen LogP contribution in [-0.4, -0.2) is 43.3 Å². The van der Waals surface area contributed by atoms with Crippen LogP contribution in [0.25, 0.3) is 0 Å². The van der Waals surface area contributed by atoms with Crippen LogP contribution in [0.4, 0.5) is 0 Å². The van der Waals surface area contributed by atoms with Gasteiger partial charge in [-0.05, 0) is 24.6 Å². The molecule has 0 saturated carbocycles. The van der Waals surface area contributed by atoms with Gasteiger partial charge in [0.15, 0.2) is 0 Å². The summed E-state index contributed by atoms with van der Waals surface area (Å²) in [6.45, 7) is 2.92. The van der Waals surface area contributed by atoms with Gasteiger partial charge in [-0.25, -0.2) is 4.79 Å². The second-order valence-electron chi connectivity index (χ2n) is 5.51. The molecule has 0 aliphatic carbocycles. The summed E-state index contributed by atoms with van der Waals surface area (Å²) in [5.41, 5.74) is 2.52. The monoisotopic (exact) mass is 315 g/mol. The highest BCUT2D eigenvalue weighted by molar-refractivity contribution is 5.99. The molecule has 0 unspecified atom stereocenters. The van der Waals surface area contributed by atoms with E-state index in [9.17, 15) is 19.8 Å². The van der Waals surface area contributed by atoms with Crippen LogP contribution in [-0.2, 0) is 19.7 Å². The van der Waals surface area contributed by atoms with E-state index in [4.69, 9.17) is 0 Å². The molecule has 7 heteroatoms. The summed E-state index contributed by atoms with van der Waals surface area (Å²) < 4.78 is 1.79. The van der Waals surface area contributed by atoms with Crippen molar-refractivity contribution in [3.8, 4) is 0 Å². The molecule has 120 valence electrons. The summed E-state index contributed by atoms with van der Waals surface area (Å²) in [5.74, 6) is -1.25. The van der Waals surface area contributed by atoms with Gasteiger partial charge >= 0.3 is 5.97 Å². The largest absolute Gasteiger partial charge is 0.478 e. The Balaban J connectivity index is 1.90. The average molecular weight is 315 g/mol. The Hall–Kier alpha value is -2.67. The van der Waals surface area contributed by atoms with Crippen molar-refractivity contribution in [2.45, 2.75) is 26.6 Å². The van der Waals surface area contributed by atoms with Crippen LogP contribution in [0.1, 0.15) is 37.5 Å². The van der Waals surface area contributed by atoms with E-state index in [1.807, 2.05) is 0 Å². The number of hydrogen-bond donors (Lipinski definition) is 2.